The second kappa shape index (κ2) is 5.38. The highest BCUT2D eigenvalue weighted by atomic mass is 32.2. The first-order valence-corrected chi connectivity index (χ1v) is 6.84. The van der Waals surface area contributed by atoms with Gasteiger partial charge in [0.1, 0.15) is 0 Å². The molecule has 0 atom stereocenters. The molecule has 3 heteroatoms. The fourth-order valence-electron chi connectivity index (χ4n) is 1.91. The van der Waals surface area contributed by atoms with Gasteiger partial charge in [-0.15, -0.1) is 0 Å². The summed E-state index contributed by atoms with van der Waals surface area (Å²) in [6.45, 7) is 0. The fourth-order valence-corrected chi connectivity index (χ4v) is 2.44. The van der Waals surface area contributed by atoms with Gasteiger partial charge in [-0.25, -0.2) is 0 Å². The number of aliphatic hydroxyl groups is 1. The number of benzene rings is 2. The van der Waals surface area contributed by atoms with E-state index in [4.69, 9.17) is 0 Å². The Balaban J connectivity index is 2.59. The van der Waals surface area contributed by atoms with Gasteiger partial charge in [0.05, 0.1) is 0 Å². The minimum Gasteiger partial charge on any atom is -0.372 e. The lowest BCUT2D eigenvalue weighted by molar-refractivity contribution is -0.124. The zero-order valence-corrected chi connectivity index (χ0v) is 10.9. The maximum atomic E-state index is 12.1. The van der Waals surface area contributed by atoms with Gasteiger partial charge in [0, 0.05) is 0 Å². The van der Waals surface area contributed by atoms with Crippen LogP contribution >= 0.6 is 11.8 Å². The van der Waals surface area contributed by atoms with Crippen molar-refractivity contribution in [1.29, 1.82) is 0 Å². The van der Waals surface area contributed by atoms with Crippen molar-refractivity contribution in [2.75, 3.05) is 6.26 Å². The highest BCUT2D eigenvalue weighted by molar-refractivity contribution is 8.13. The molecule has 0 fully saturated rings. The summed E-state index contributed by atoms with van der Waals surface area (Å²) >= 11 is 1.03. The van der Waals surface area contributed by atoms with E-state index in [0.717, 1.165) is 11.8 Å². The molecule has 0 aliphatic heterocycles. The number of hydrogen-bond donors (Lipinski definition) is 1. The molecule has 0 heterocycles. The fraction of sp³-hybridized carbons (Fsp3) is 0.133. The maximum absolute atomic E-state index is 12.1. The SMILES string of the molecule is CSC(=O)C(O)(c1ccccc1)c1ccccc1. The molecule has 18 heavy (non-hydrogen) atoms. The van der Waals surface area contributed by atoms with Crippen LogP contribution in [-0.4, -0.2) is 16.5 Å². The second-order valence-corrected chi connectivity index (χ2v) is 4.71. The highest BCUT2D eigenvalue weighted by Crippen LogP contribution is 2.33. The van der Waals surface area contributed by atoms with E-state index >= 15 is 0 Å². The van der Waals surface area contributed by atoms with E-state index in [1.165, 1.54) is 0 Å². The first-order valence-electron chi connectivity index (χ1n) is 5.61. The monoisotopic (exact) mass is 258 g/mol. The van der Waals surface area contributed by atoms with Crippen molar-refractivity contribution in [1.82, 2.24) is 0 Å². The summed E-state index contributed by atoms with van der Waals surface area (Å²) in [5.74, 6) is 0. The van der Waals surface area contributed by atoms with E-state index in [0.29, 0.717) is 11.1 Å². The van der Waals surface area contributed by atoms with Crippen LogP contribution in [0.15, 0.2) is 60.7 Å². The molecule has 2 rings (SSSR count). The smallest absolute Gasteiger partial charge is 0.229 e. The number of carbonyl (C=O) groups is 1. The van der Waals surface area contributed by atoms with Crippen LogP contribution in [0.1, 0.15) is 11.1 Å². The van der Waals surface area contributed by atoms with Crippen LogP contribution in [-0.2, 0) is 10.4 Å². The standard InChI is InChI=1S/C15H14O2S/c1-18-14(16)15(17,12-8-4-2-5-9-12)13-10-6-3-7-11-13/h2-11,17H,1H3. The quantitative estimate of drug-likeness (QED) is 0.920. The molecule has 2 aromatic rings. The third-order valence-electron chi connectivity index (χ3n) is 2.86. The van der Waals surface area contributed by atoms with Gasteiger partial charge in [-0.05, 0) is 17.4 Å². The van der Waals surface area contributed by atoms with E-state index in [-0.39, 0.29) is 5.12 Å². The van der Waals surface area contributed by atoms with Crippen molar-refractivity contribution in [2.45, 2.75) is 5.60 Å². The Morgan fingerprint density at radius 1 is 0.944 bits per heavy atom. The van der Waals surface area contributed by atoms with Crippen LogP contribution in [0.4, 0.5) is 0 Å². The van der Waals surface area contributed by atoms with Crippen molar-refractivity contribution in [2.24, 2.45) is 0 Å². The molecule has 92 valence electrons. The Morgan fingerprint density at radius 2 is 1.33 bits per heavy atom. The molecule has 2 nitrogen and oxygen atoms in total. The van der Waals surface area contributed by atoms with Crippen molar-refractivity contribution in [3.05, 3.63) is 71.8 Å². The summed E-state index contributed by atoms with van der Waals surface area (Å²) in [5.41, 5.74) is -0.395. The molecule has 0 aromatic heterocycles. The summed E-state index contributed by atoms with van der Waals surface area (Å²) in [4.78, 5) is 12.1. The largest absolute Gasteiger partial charge is 0.372 e. The van der Waals surface area contributed by atoms with E-state index in [9.17, 15) is 9.90 Å². The summed E-state index contributed by atoms with van der Waals surface area (Å²) in [6, 6.07) is 18.0. The average molecular weight is 258 g/mol. The van der Waals surface area contributed by atoms with Gasteiger partial charge < -0.3 is 5.11 Å². The van der Waals surface area contributed by atoms with Gasteiger partial charge >= 0.3 is 0 Å². The van der Waals surface area contributed by atoms with Gasteiger partial charge in [0.25, 0.3) is 0 Å². The molecule has 0 spiro atoms. The number of carbonyl (C=O) groups excluding carboxylic acids is 1. The lowest BCUT2D eigenvalue weighted by Gasteiger charge is -2.26. The molecule has 0 aliphatic carbocycles. The van der Waals surface area contributed by atoms with Crippen molar-refractivity contribution >= 4 is 16.9 Å². The highest BCUT2D eigenvalue weighted by Gasteiger charge is 2.38. The van der Waals surface area contributed by atoms with Gasteiger partial charge in [-0.3, -0.25) is 4.79 Å². The molecular formula is C15H14O2S. The van der Waals surface area contributed by atoms with Gasteiger partial charge in [-0.1, -0.05) is 72.4 Å². The number of rotatable bonds is 3. The Morgan fingerprint density at radius 3 is 1.67 bits per heavy atom. The lowest BCUT2D eigenvalue weighted by atomic mass is 9.87. The first kappa shape index (κ1) is 12.9. The molecule has 0 bridgehead atoms. The van der Waals surface area contributed by atoms with E-state index < -0.39 is 5.60 Å². The summed E-state index contributed by atoms with van der Waals surface area (Å²) in [6.07, 6.45) is 1.68. The molecule has 2 aromatic carbocycles. The Kier molecular flexibility index (Phi) is 3.84. The van der Waals surface area contributed by atoms with Crippen LogP contribution in [0.2, 0.25) is 0 Å². The Bertz CT molecular complexity index is 483. The Labute approximate surface area is 111 Å². The van der Waals surface area contributed by atoms with E-state index in [1.54, 1.807) is 30.5 Å². The average Bonchev–Trinajstić information content (AvgIpc) is 2.47. The van der Waals surface area contributed by atoms with Crippen LogP contribution in [0.5, 0.6) is 0 Å². The van der Waals surface area contributed by atoms with Gasteiger partial charge in [0.15, 0.2) is 5.60 Å². The van der Waals surface area contributed by atoms with Crippen molar-refractivity contribution in [3.8, 4) is 0 Å². The van der Waals surface area contributed by atoms with Gasteiger partial charge in [0.2, 0.25) is 5.12 Å². The van der Waals surface area contributed by atoms with Crippen molar-refractivity contribution < 1.29 is 9.90 Å². The summed E-state index contributed by atoms with van der Waals surface area (Å²) in [5, 5.41) is 10.6. The summed E-state index contributed by atoms with van der Waals surface area (Å²) < 4.78 is 0. The van der Waals surface area contributed by atoms with Gasteiger partial charge in [-0.2, -0.15) is 0 Å². The lowest BCUT2D eigenvalue weighted by Crippen LogP contribution is -2.34. The van der Waals surface area contributed by atoms with Crippen molar-refractivity contribution in [3.63, 3.8) is 0 Å². The van der Waals surface area contributed by atoms with Crippen LogP contribution < -0.4 is 0 Å². The minimum atomic E-state index is -1.58. The topological polar surface area (TPSA) is 37.3 Å². The molecule has 0 radical (unpaired) electrons. The predicted molar refractivity (Wildman–Crippen MR) is 74.4 cm³/mol. The molecular weight excluding hydrogens is 244 g/mol. The van der Waals surface area contributed by atoms with E-state index in [1.807, 2.05) is 36.4 Å². The molecule has 1 N–H and O–H groups in total. The normalized spacial score (nSPS) is 11.2. The van der Waals surface area contributed by atoms with Crippen LogP contribution in [0.3, 0.4) is 0 Å². The van der Waals surface area contributed by atoms with Crippen LogP contribution in [0, 0.1) is 0 Å². The molecule has 0 saturated carbocycles. The van der Waals surface area contributed by atoms with E-state index in [2.05, 4.69) is 0 Å². The zero-order chi connectivity index (χ0) is 13.0. The second-order valence-electron chi connectivity index (χ2n) is 3.93. The minimum absolute atomic E-state index is 0.278. The molecule has 0 saturated heterocycles. The first-order chi connectivity index (χ1) is 8.69. The number of hydrogen-bond acceptors (Lipinski definition) is 3. The maximum Gasteiger partial charge on any atom is 0.229 e. The third-order valence-corrected chi connectivity index (χ3v) is 3.53. The molecule has 0 unspecified atom stereocenters. The molecule has 0 aliphatic rings. The number of thioether (sulfide) groups is 1. The zero-order valence-electron chi connectivity index (χ0n) is 10.0. The summed E-state index contributed by atoms with van der Waals surface area (Å²) in [7, 11) is 0. The van der Waals surface area contributed by atoms with Crippen LogP contribution in [0.25, 0.3) is 0 Å². The third kappa shape index (κ3) is 2.19. The predicted octanol–water partition coefficient (Wildman–Crippen LogP) is 2.81. The Hall–Kier alpha value is -1.58. The molecule has 0 amide bonds.